The zero-order valence-corrected chi connectivity index (χ0v) is 15.3. The number of aryl methyl sites for hydroxylation is 1. The molecule has 1 unspecified atom stereocenters. The zero-order chi connectivity index (χ0) is 18.0. The van der Waals surface area contributed by atoms with E-state index in [2.05, 4.69) is 12.2 Å². The number of benzene rings is 2. The SMILES string of the molecule is COc1ccc(OC)c(NC(=S)N2c3ccc(F)cc3CCC2C)c1. The highest BCUT2D eigenvalue weighted by Gasteiger charge is 2.27. The highest BCUT2D eigenvalue weighted by Crippen LogP contribution is 2.34. The molecule has 1 aliphatic heterocycles. The highest BCUT2D eigenvalue weighted by molar-refractivity contribution is 7.80. The van der Waals surface area contributed by atoms with Gasteiger partial charge in [0.2, 0.25) is 0 Å². The van der Waals surface area contributed by atoms with Crippen molar-refractivity contribution >= 4 is 28.7 Å². The van der Waals surface area contributed by atoms with E-state index in [-0.39, 0.29) is 11.9 Å². The molecule has 1 atom stereocenters. The van der Waals surface area contributed by atoms with Crippen molar-refractivity contribution < 1.29 is 13.9 Å². The second kappa shape index (κ2) is 7.27. The Morgan fingerprint density at radius 1 is 1.20 bits per heavy atom. The summed E-state index contributed by atoms with van der Waals surface area (Å²) in [6.07, 6.45) is 1.75. The maximum atomic E-state index is 13.6. The molecular weight excluding hydrogens is 339 g/mol. The van der Waals surface area contributed by atoms with Gasteiger partial charge >= 0.3 is 0 Å². The highest BCUT2D eigenvalue weighted by atomic mass is 32.1. The minimum absolute atomic E-state index is 0.217. The molecule has 2 aromatic rings. The normalized spacial score (nSPS) is 16.2. The van der Waals surface area contributed by atoms with Crippen molar-refractivity contribution in [3.63, 3.8) is 0 Å². The Kier molecular flexibility index (Phi) is 5.08. The standard InChI is InChI=1S/C19H21FN2O2S/c1-12-4-5-13-10-14(20)6-8-17(13)22(12)19(25)21-16-11-15(23-2)7-9-18(16)24-3/h6-12H,4-5H2,1-3H3,(H,21,25). The molecule has 0 saturated carbocycles. The largest absolute Gasteiger partial charge is 0.497 e. The van der Waals surface area contributed by atoms with Crippen molar-refractivity contribution in [2.45, 2.75) is 25.8 Å². The number of nitrogens with one attached hydrogen (secondary N) is 1. The minimum Gasteiger partial charge on any atom is -0.497 e. The van der Waals surface area contributed by atoms with Crippen LogP contribution in [-0.4, -0.2) is 25.4 Å². The summed E-state index contributed by atoms with van der Waals surface area (Å²) in [7, 11) is 3.22. The smallest absolute Gasteiger partial charge is 0.178 e. The van der Waals surface area contributed by atoms with Gasteiger partial charge in [-0.2, -0.15) is 0 Å². The summed E-state index contributed by atoms with van der Waals surface area (Å²) < 4.78 is 24.2. The van der Waals surface area contributed by atoms with Crippen molar-refractivity contribution in [2.24, 2.45) is 0 Å². The molecule has 0 amide bonds. The van der Waals surface area contributed by atoms with E-state index in [1.54, 1.807) is 26.4 Å². The Morgan fingerprint density at radius 3 is 2.72 bits per heavy atom. The first kappa shape index (κ1) is 17.5. The lowest BCUT2D eigenvalue weighted by Crippen LogP contribution is -2.44. The topological polar surface area (TPSA) is 33.7 Å². The molecule has 1 N–H and O–H groups in total. The first-order chi connectivity index (χ1) is 12.0. The van der Waals surface area contributed by atoms with E-state index < -0.39 is 0 Å². The number of rotatable bonds is 3. The van der Waals surface area contributed by atoms with Crippen LogP contribution in [0.25, 0.3) is 0 Å². The lowest BCUT2D eigenvalue weighted by atomic mass is 9.97. The fourth-order valence-electron chi connectivity index (χ4n) is 3.12. The van der Waals surface area contributed by atoms with Gasteiger partial charge in [-0.15, -0.1) is 0 Å². The molecule has 0 fully saturated rings. The van der Waals surface area contributed by atoms with Gasteiger partial charge in [0.1, 0.15) is 17.3 Å². The molecule has 3 rings (SSSR count). The summed E-state index contributed by atoms with van der Waals surface area (Å²) in [5, 5.41) is 3.80. The van der Waals surface area contributed by atoms with Crippen molar-refractivity contribution in [1.82, 2.24) is 0 Å². The van der Waals surface area contributed by atoms with Crippen LogP contribution < -0.4 is 19.7 Å². The van der Waals surface area contributed by atoms with Crippen molar-refractivity contribution in [3.8, 4) is 11.5 Å². The Morgan fingerprint density at radius 2 is 2.00 bits per heavy atom. The van der Waals surface area contributed by atoms with Crippen LogP contribution in [0, 0.1) is 5.82 Å². The molecule has 6 heteroatoms. The summed E-state index contributed by atoms with van der Waals surface area (Å²) in [6, 6.07) is 10.6. The maximum absolute atomic E-state index is 13.6. The molecule has 0 aliphatic carbocycles. The molecule has 1 aliphatic rings. The van der Waals surface area contributed by atoms with Gasteiger partial charge in [0.05, 0.1) is 19.9 Å². The predicted molar refractivity (Wildman–Crippen MR) is 102 cm³/mol. The van der Waals surface area contributed by atoms with E-state index in [9.17, 15) is 4.39 Å². The van der Waals surface area contributed by atoms with Crippen molar-refractivity contribution in [1.29, 1.82) is 0 Å². The average molecular weight is 360 g/mol. The molecule has 2 aromatic carbocycles. The van der Waals surface area contributed by atoms with Crippen molar-refractivity contribution in [2.75, 3.05) is 24.4 Å². The Labute approximate surface area is 152 Å². The van der Waals surface area contributed by atoms with Gasteiger partial charge in [0.25, 0.3) is 0 Å². The molecular formula is C19H21FN2O2S. The number of anilines is 2. The fourth-order valence-corrected chi connectivity index (χ4v) is 3.51. The van der Waals surface area contributed by atoms with Crippen LogP contribution >= 0.6 is 12.2 Å². The predicted octanol–water partition coefficient (Wildman–Crippen LogP) is 4.38. The van der Waals surface area contributed by atoms with E-state index in [1.165, 1.54) is 6.07 Å². The Hall–Kier alpha value is -2.34. The average Bonchev–Trinajstić information content (AvgIpc) is 2.61. The number of ether oxygens (including phenoxy) is 2. The van der Waals surface area contributed by atoms with Crippen LogP contribution in [0.4, 0.5) is 15.8 Å². The molecule has 1 heterocycles. The van der Waals surface area contributed by atoms with Gasteiger partial charge in [-0.1, -0.05) is 0 Å². The number of halogens is 1. The van der Waals surface area contributed by atoms with Gasteiger partial charge < -0.3 is 19.7 Å². The van der Waals surface area contributed by atoms with Crippen LogP contribution in [-0.2, 0) is 6.42 Å². The third-order valence-electron chi connectivity index (χ3n) is 4.44. The van der Waals surface area contributed by atoms with Gasteiger partial charge in [0, 0.05) is 17.8 Å². The van der Waals surface area contributed by atoms with Gasteiger partial charge in [-0.05, 0) is 67.9 Å². The summed E-state index contributed by atoms with van der Waals surface area (Å²) in [5.41, 5.74) is 2.65. The zero-order valence-electron chi connectivity index (χ0n) is 14.5. The number of methoxy groups -OCH3 is 2. The van der Waals surface area contributed by atoms with Gasteiger partial charge in [-0.3, -0.25) is 0 Å². The third-order valence-corrected chi connectivity index (χ3v) is 4.74. The molecule has 25 heavy (non-hydrogen) atoms. The lowest BCUT2D eigenvalue weighted by molar-refractivity contribution is 0.405. The summed E-state index contributed by atoms with van der Waals surface area (Å²) in [6.45, 7) is 2.11. The third kappa shape index (κ3) is 3.54. The Balaban J connectivity index is 1.91. The fraction of sp³-hybridized carbons (Fsp3) is 0.316. The van der Waals surface area contributed by atoms with E-state index >= 15 is 0 Å². The quantitative estimate of drug-likeness (QED) is 0.822. The molecule has 132 valence electrons. The van der Waals surface area contributed by atoms with Crippen LogP contribution in [0.1, 0.15) is 18.9 Å². The molecule has 0 spiro atoms. The molecule has 0 saturated heterocycles. The lowest BCUT2D eigenvalue weighted by Gasteiger charge is -2.37. The van der Waals surface area contributed by atoms with E-state index in [0.717, 1.165) is 29.8 Å². The molecule has 4 nitrogen and oxygen atoms in total. The van der Waals surface area contributed by atoms with Crippen LogP contribution in [0.15, 0.2) is 36.4 Å². The minimum atomic E-state index is -0.221. The molecule has 0 bridgehead atoms. The monoisotopic (exact) mass is 360 g/mol. The summed E-state index contributed by atoms with van der Waals surface area (Å²) in [5.74, 6) is 1.16. The first-order valence-corrected chi connectivity index (χ1v) is 8.55. The molecule has 0 aromatic heterocycles. The van der Waals surface area contributed by atoms with Crippen LogP contribution in [0.3, 0.4) is 0 Å². The van der Waals surface area contributed by atoms with Crippen LogP contribution in [0.5, 0.6) is 11.5 Å². The van der Waals surface area contributed by atoms with E-state index in [4.69, 9.17) is 21.7 Å². The number of hydrogen-bond donors (Lipinski definition) is 1. The maximum Gasteiger partial charge on any atom is 0.178 e. The van der Waals surface area contributed by atoms with Gasteiger partial charge in [-0.25, -0.2) is 4.39 Å². The van der Waals surface area contributed by atoms with Gasteiger partial charge in [0.15, 0.2) is 5.11 Å². The van der Waals surface area contributed by atoms with E-state index in [0.29, 0.717) is 16.6 Å². The summed E-state index contributed by atoms with van der Waals surface area (Å²) >= 11 is 5.65. The second-order valence-corrected chi connectivity index (χ2v) is 6.41. The Bertz CT molecular complexity index is 797. The van der Waals surface area contributed by atoms with E-state index in [1.807, 2.05) is 23.1 Å². The number of thiocarbonyl (C=S) groups is 1. The second-order valence-electron chi connectivity index (χ2n) is 6.03. The summed E-state index contributed by atoms with van der Waals surface area (Å²) in [4.78, 5) is 2.03. The number of fused-ring (bicyclic) bond motifs is 1. The van der Waals surface area contributed by atoms with Crippen molar-refractivity contribution in [3.05, 3.63) is 47.8 Å². The van der Waals surface area contributed by atoms with Crippen LogP contribution in [0.2, 0.25) is 0 Å². The number of nitrogens with zero attached hydrogens (tertiary/aromatic N) is 1. The first-order valence-electron chi connectivity index (χ1n) is 8.14. The molecule has 0 radical (unpaired) electrons. The number of hydrogen-bond acceptors (Lipinski definition) is 3.